The number of nitrogens with one attached hydrogen (secondary N) is 1. The molecule has 0 aliphatic heterocycles. The second-order valence-electron chi connectivity index (χ2n) is 5.09. The van der Waals surface area contributed by atoms with Crippen LogP contribution in [0.15, 0.2) is 42.5 Å². The number of carbonyl (C=O) groups is 1. The molecule has 0 aromatic heterocycles. The zero-order valence-corrected chi connectivity index (χ0v) is 13.6. The summed E-state index contributed by atoms with van der Waals surface area (Å²) in [6.45, 7) is 1.81. The van der Waals surface area contributed by atoms with Crippen LogP contribution in [0.4, 0.5) is 5.69 Å². The van der Waals surface area contributed by atoms with Crippen molar-refractivity contribution in [1.29, 1.82) is 0 Å². The molecule has 2 rings (SSSR count). The molecule has 126 valence electrons. The first-order valence-electron chi connectivity index (χ1n) is 7.24. The first kappa shape index (κ1) is 17.3. The lowest BCUT2D eigenvalue weighted by Crippen LogP contribution is -2.27. The fraction of sp³-hybridized carbons (Fsp3) is 0.235. The van der Waals surface area contributed by atoms with E-state index in [0.717, 1.165) is 5.56 Å². The van der Waals surface area contributed by atoms with Crippen LogP contribution in [-0.4, -0.2) is 25.1 Å². The van der Waals surface area contributed by atoms with Crippen LogP contribution < -0.4 is 14.8 Å². The van der Waals surface area contributed by atoms with E-state index < -0.39 is 10.8 Å². The minimum absolute atomic E-state index is 0.0829. The molecule has 0 radical (unpaired) electrons. The smallest absolute Gasteiger partial charge is 0.286 e. The van der Waals surface area contributed by atoms with Crippen molar-refractivity contribution in [2.24, 2.45) is 0 Å². The van der Waals surface area contributed by atoms with Crippen LogP contribution in [0.25, 0.3) is 0 Å². The van der Waals surface area contributed by atoms with Crippen LogP contribution in [0, 0.1) is 10.1 Å². The van der Waals surface area contributed by atoms with Crippen molar-refractivity contribution in [2.75, 3.05) is 14.2 Å². The number of carbonyl (C=O) groups excluding carboxylic acids is 1. The van der Waals surface area contributed by atoms with E-state index in [1.165, 1.54) is 26.4 Å². The highest BCUT2D eigenvalue weighted by Crippen LogP contribution is 2.34. The molecule has 7 nitrogen and oxygen atoms in total. The van der Waals surface area contributed by atoms with Gasteiger partial charge in [0.25, 0.3) is 11.6 Å². The van der Waals surface area contributed by atoms with Gasteiger partial charge in [-0.2, -0.15) is 0 Å². The Hall–Kier alpha value is -3.09. The molecular weight excluding hydrogens is 312 g/mol. The average molecular weight is 330 g/mol. The van der Waals surface area contributed by atoms with Gasteiger partial charge in [0.05, 0.1) is 31.3 Å². The summed E-state index contributed by atoms with van der Waals surface area (Å²) >= 11 is 0. The fourth-order valence-electron chi connectivity index (χ4n) is 2.30. The summed E-state index contributed by atoms with van der Waals surface area (Å²) < 4.78 is 10.2. The fourth-order valence-corrected chi connectivity index (χ4v) is 2.30. The lowest BCUT2D eigenvalue weighted by atomic mass is 10.1. The van der Waals surface area contributed by atoms with Crippen molar-refractivity contribution in [3.63, 3.8) is 0 Å². The van der Waals surface area contributed by atoms with Gasteiger partial charge < -0.3 is 14.8 Å². The Morgan fingerprint density at radius 2 is 1.71 bits per heavy atom. The number of hydrogen-bond donors (Lipinski definition) is 1. The highest BCUT2D eigenvalue weighted by Gasteiger charge is 2.25. The highest BCUT2D eigenvalue weighted by atomic mass is 16.6. The Kier molecular flexibility index (Phi) is 5.36. The van der Waals surface area contributed by atoms with Gasteiger partial charge in [-0.25, -0.2) is 0 Å². The molecular formula is C17H18N2O5. The monoisotopic (exact) mass is 330 g/mol. The van der Waals surface area contributed by atoms with Crippen molar-refractivity contribution < 1.29 is 19.2 Å². The Morgan fingerprint density at radius 1 is 1.12 bits per heavy atom. The molecule has 0 aliphatic rings. The van der Waals surface area contributed by atoms with Crippen LogP contribution in [0.2, 0.25) is 0 Å². The van der Waals surface area contributed by atoms with E-state index in [1.807, 2.05) is 30.3 Å². The predicted molar refractivity (Wildman–Crippen MR) is 88.5 cm³/mol. The van der Waals surface area contributed by atoms with E-state index in [0.29, 0.717) is 0 Å². The topological polar surface area (TPSA) is 90.7 Å². The summed E-state index contributed by atoms with van der Waals surface area (Å²) in [5.74, 6) is -0.114. The number of methoxy groups -OCH3 is 2. The normalized spacial score (nSPS) is 11.5. The van der Waals surface area contributed by atoms with Gasteiger partial charge in [0.15, 0.2) is 11.5 Å². The highest BCUT2D eigenvalue weighted by molar-refractivity contribution is 5.99. The van der Waals surface area contributed by atoms with Crippen LogP contribution >= 0.6 is 0 Å². The summed E-state index contributed by atoms with van der Waals surface area (Å²) in [5.41, 5.74) is 0.472. The minimum atomic E-state index is -0.621. The van der Waals surface area contributed by atoms with Crippen molar-refractivity contribution in [2.45, 2.75) is 13.0 Å². The minimum Gasteiger partial charge on any atom is -0.493 e. The third kappa shape index (κ3) is 3.62. The maximum atomic E-state index is 12.5. The molecule has 0 aliphatic carbocycles. The van der Waals surface area contributed by atoms with Crippen LogP contribution in [0.5, 0.6) is 11.5 Å². The van der Waals surface area contributed by atoms with E-state index in [-0.39, 0.29) is 28.8 Å². The van der Waals surface area contributed by atoms with Gasteiger partial charge in [-0.3, -0.25) is 14.9 Å². The lowest BCUT2D eigenvalue weighted by molar-refractivity contribution is -0.385. The Labute approximate surface area is 139 Å². The summed E-state index contributed by atoms with van der Waals surface area (Å²) in [6.07, 6.45) is 0. The molecule has 0 saturated heterocycles. The molecule has 2 aromatic rings. The zero-order chi connectivity index (χ0) is 17.7. The summed E-state index contributed by atoms with van der Waals surface area (Å²) in [7, 11) is 2.77. The van der Waals surface area contributed by atoms with Gasteiger partial charge in [0, 0.05) is 6.07 Å². The van der Waals surface area contributed by atoms with Gasteiger partial charge in [-0.05, 0) is 12.5 Å². The van der Waals surface area contributed by atoms with Crippen molar-refractivity contribution in [1.82, 2.24) is 5.32 Å². The molecule has 0 spiro atoms. The first-order chi connectivity index (χ1) is 11.5. The molecule has 0 bridgehead atoms. The third-order valence-electron chi connectivity index (χ3n) is 3.59. The largest absolute Gasteiger partial charge is 0.493 e. The molecule has 2 aromatic carbocycles. The SMILES string of the molecule is COc1cc(C(=O)N[C@@H](C)c2ccccc2)c([N+](=O)[O-])cc1OC. The zero-order valence-electron chi connectivity index (χ0n) is 13.6. The number of nitrogens with zero attached hydrogens (tertiary/aromatic N) is 1. The van der Waals surface area contributed by atoms with Crippen molar-refractivity contribution >= 4 is 11.6 Å². The van der Waals surface area contributed by atoms with Crippen molar-refractivity contribution in [3.05, 3.63) is 63.7 Å². The third-order valence-corrected chi connectivity index (χ3v) is 3.59. The first-order valence-corrected chi connectivity index (χ1v) is 7.24. The van der Waals surface area contributed by atoms with E-state index in [9.17, 15) is 14.9 Å². The number of nitro benzene ring substituents is 1. The summed E-state index contributed by atoms with van der Waals surface area (Å²) in [5, 5.41) is 14.0. The predicted octanol–water partition coefficient (Wildman–Crippen LogP) is 3.10. The quantitative estimate of drug-likeness (QED) is 0.649. The Balaban J connectivity index is 2.35. The number of rotatable bonds is 6. The molecule has 1 amide bonds. The standard InChI is InChI=1S/C17H18N2O5/c1-11(12-7-5-4-6-8-12)18-17(20)13-9-15(23-2)16(24-3)10-14(13)19(21)22/h4-11H,1-3H3,(H,18,20)/t11-/m0/s1. The molecule has 7 heteroatoms. The van der Waals surface area contributed by atoms with Crippen LogP contribution in [0.1, 0.15) is 28.9 Å². The number of hydrogen-bond acceptors (Lipinski definition) is 5. The van der Waals surface area contributed by atoms with Gasteiger partial charge in [-0.1, -0.05) is 30.3 Å². The molecule has 0 fully saturated rings. The number of benzene rings is 2. The second kappa shape index (κ2) is 7.45. The Bertz CT molecular complexity index is 746. The molecule has 0 unspecified atom stereocenters. The molecule has 1 atom stereocenters. The number of nitro groups is 1. The summed E-state index contributed by atoms with van der Waals surface area (Å²) in [6, 6.07) is 11.5. The van der Waals surface area contributed by atoms with Gasteiger partial charge in [-0.15, -0.1) is 0 Å². The molecule has 24 heavy (non-hydrogen) atoms. The number of amides is 1. The van der Waals surface area contributed by atoms with Crippen molar-refractivity contribution in [3.8, 4) is 11.5 Å². The van der Waals surface area contributed by atoms with Gasteiger partial charge in [0.2, 0.25) is 0 Å². The molecule has 0 heterocycles. The maximum absolute atomic E-state index is 12.5. The van der Waals surface area contributed by atoms with Gasteiger partial charge >= 0.3 is 0 Å². The van der Waals surface area contributed by atoms with Gasteiger partial charge in [0.1, 0.15) is 5.56 Å². The van der Waals surface area contributed by atoms with E-state index >= 15 is 0 Å². The lowest BCUT2D eigenvalue weighted by Gasteiger charge is -2.15. The van der Waals surface area contributed by atoms with E-state index in [4.69, 9.17) is 9.47 Å². The maximum Gasteiger partial charge on any atom is 0.286 e. The average Bonchev–Trinajstić information content (AvgIpc) is 2.60. The number of ether oxygens (including phenoxy) is 2. The van der Waals surface area contributed by atoms with Crippen LogP contribution in [0.3, 0.4) is 0 Å². The Morgan fingerprint density at radius 3 is 2.25 bits per heavy atom. The molecule has 0 saturated carbocycles. The van der Waals surface area contributed by atoms with E-state index in [1.54, 1.807) is 6.92 Å². The molecule has 1 N–H and O–H groups in total. The summed E-state index contributed by atoms with van der Waals surface area (Å²) in [4.78, 5) is 23.2. The van der Waals surface area contributed by atoms with Crippen LogP contribution in [-0.2, 0) is 0 Å². The second-order valence-corrected chi connectivity index (χ2v) is 5.09. The van der Waals surface area contributed by atoms with E-state index in [2.05, 4.69) is 5.32 Å².